The Morgan fingerprint density at radius 1 is 1.10 bits per heavy atom. The quantitative estimate of drug-likeness (QED) is 0.540. The maximum absolute atomic E-state index is 13.8. The SMILES string of the molecule is NC(Cc1cc(F)c(F)cc1F)C1CCN(S(=O)(=O)c2ncccc2C(F)(F)F)CC1. The van der Waals surface area contributed by atoms with Gasteiger partial charge >= 0.3 is 6.18 Å². The van der Waals surface area contributed by atoms with Gasteiger partial charge in [0.15, 0.2) is 16.7 Å². The van der Waals surface area contributed by atoms with Crippen molar-refractivity contribution in [1.29, 1.82) is 0 Å². The van der Waals surface area contributed by atoms with Crippen LogP contribution in [0.1, 0.15) is 24.0 Å². The highest BCUT2D eigenvalue weighted by atomic mass is 32.2. The fraction of sp³-hybridized carbons (Fsp3) is 0.421. The molecule has 1 saturated heterocycles. The third kappa shape index (κ3) is 5.01. The van der Waals surface area contributed by atoms with E-state index in [2.05, 4.69) is 4.98 Å². The van der Waals surface area contributed by atoms with Crippen LogP contribution in [0.2, 0.25) is 0 Å². The summed E-state index contributed by atoms with van der Waals surface area (Å²) < 4.78 is 106. The topological polar surface area (TPSA) is 76.3 Å². The second-order valence-corrected chi connectivity index (χ2v) is 9.17. The minimum absolute atomic E-state index is 0.0983. The molecule has 0 radical (unpaired) electrons. The van der Waals surface area contributed by atoms with Crippen LogP contribution >= 0.6 is 0 Å². The van der Waals surface area contributed by atoms with Gasteiger partial charge in [0.05, 0.1) is 5.56 Å². The van der Waals surface area contributed by atoms with Crippen molar-refractivity contribution in [2.45, 2.75) is 36.5 Å². The Bertz CT molecular complexity index is 1050. The van der Waals surface area contributed by atoms with E-state index >= 15 is 0 Å². The van der Waals surface area contributed by atoms with Gasteiger partial charge in [-0.1, -0.05) is 0 Å². The highest BCUT2D eigenvalue weighted by molar-refractivity contribution is 7.89. The maximum Gasteiger partial charge on any atom is 0.419 e. The van der Waals surface area contributed by atoms with Crippen LogP contribution in [0.4, 0.5) is 26.3 Å². The van der Waals surface area contributed by atoms with Gasteiger partial charge in [-0.15, -0.1) is 0 Å². The van der Waals surface area contributed by atoms with Gasteiger partial charge in [-0.05, 0) is 48.9 Å². The summed E-state index contributed by atoms with van der Waals surface area (Å²) in [5.74, 6) is -3.75. The van der Waals surface area contributed by atoms with E-state index in [-0.39, 0.29) is 43.8 Å². The zero-order chi connectivity index (χ0) is 23.0. The average Bonchev–Trinajstić information content (AvgIpc) is 2.71. The molecule has 0 aliphatic carbocycles. The summed E-state index contributed by atoms with van der Waals surface area (Å²) >= 11 is 0. The number of pyridine rings is 1. The van der Waals surface area contributed by atoms with E-state index in [0.29, 0.717) is 12.1 Å². The summed E-state index contributed by atoms with van der Waals surface area (Å²) in [6.45, 7) is -0.205. The molecule has 170 valence electrons. The van der Waals surface area contributed by atoms with Gasteiger partial charge in [0.2, 0.25) is 0 Å². The van der Waals surface area contributed by atoms with E-state index in [1.54, 1.807) is 0 Å². The van der Waals surface area contributed by atoms with Gasteiger partial charge in [-0.3, -0.25) is 0 Å². The van der Waals surface area contributed by atoms with E-state index in [4.69, 9.17) is 5.73 Å². The lowest BCUT2D eigenvalue weighted by molar-refractivity contribution is -0.140. The molecule has 31 heavy (non-hydrogen) atoms. The Labute approximate surface area is 174 Å². The number of halogens is 6. The Morgan fingerprint density at radius 2 is 1.71 bits per heavy atom. The number of nitrogens with zero attached hydrogens (tertiary/aromatic N) is 2. The Hall–Kier alpha value is -2.18. The second kappa shape index (κ2) is 8.75. The molecular formula is C19H19F6N3O2S. The Balaban J connectivity index is 1.70. The lowest BCUT2D eigenvalue weighted by Gasteiger charge is -2.34. The minimum atomic E-state index is -4.88. The highest BCUT2D eigenvalue weighted by Crippen LogP contribution is 2.35. The normalized spacial score (nSPS) is 17.6. The lowest BCUT2D eigenvalue weighted by atomic mass is 9.87. The van der Waals surface area contributed by atoms with Crippen LogP contribution in [-0.4, -0.2) is 36.8 Å². The first-order chi connectivity index (χ1) is 14.4. The molecule has 1 aromatic carbocycles. The number of rotatable bonds is 5. The Kier molecular flexibility index (Phi) is 6.63. The molecule has 0 saturated carbocycles. The molecule has 0 amide bonds. The van der Waals surface area contributed by atoms with Crippen LogP contribution in [0, 0.1) is 23.4 Å². The highest BCUT2D eigenvalue weighted by Gasteiger charge is 2.41. The zero-order valence-corrected chi connectivity index (χ0v) is 16.9. The lowest BCUT2D eigenvalue weighted by Crippen LogP contribution is -2.44. The van der Waals surface area contributed by atoms with Crippen molar-refractivity contribution >= 4 is 10.0 Å². The average molecular weight is 467 g/mol. The number of benzene rings is 1. The molecule has 1 aliphatic rings. The second-order valence-electron chi connectivity index (χ2n) is 7.32. The molecule has 2 N–H and O–H groups in total. The van der Waals surface area contributed by atoms with Crippen LogP contribution in [0.15, 0.2) is 35.5 Å². The van der Waals surface area contributed by atoms with Crippen molar-refractivity contribution in [3.8, 4) is 0 Å². The summed E-state index contributed by atoms with van der Waals surface area (Å²) in [6, 6.07) is 2.13. The number of hydrogen-bond acceptors (Lipinski definition) is 4. The molecule has 2 aromatic rings. The predicted octanol–water partition coefficient (Wildman–Crippen LogP) is 3.49. The number of piperidine rings is 1. The van der Waals surface area contributed by atoms with E-state index in [9.17, 15) is 34.8 Å². The monoisotopic (exact) mass is 467 g/mol. The molecule has 0 bridgehead atoms. The molecule has 0 spiro atoms. The molecule has 1 aliphatic heterocycles. The minimum Gasteiger partial charge on any atom is -0.327 e. The molecule has 12 heteroatoms. The fourth-order valence-corrected chi connectivity index (χ4v) is 5.21. The van der Waals surface area contributed by atoms with Gasteiger partial charge < -0.3 is 5.73 Å². The smallest absolute Gasteiger partial charge is 0.327 e. The first kappa shape index (κ1) is 23.5. The van der Waals surface area contributed by atoms with E-state index < -0.39 is 50.3 Å². The summed E-state index contributed by atoms with van der Waals surface area (Å²) in [5.41, 5.74) is 4.62. The van der Waals surface area contributed by atoms with Crippen LogP contribution in [0.3, 0.4) is 0 Å². The molecule has 1 fully saturated rings. The Morgan fingerprint density at radius 3 is 2.32 bits per heavy atom. The summed E-state index contributed by atoms with van der Waals surface area (Å²) in [4.78, 5) is 3.44. The van der Waals surface area contributed by atoms with Crippen LogP contribution in [0.5, 0.6) is 0 Å². The van der Waals surface area contributed by atoms with Crippen molar-refractivity contribution in [3.63, 3.8) is 0 Å². The largest absolute Gasteiger partial charge is 0.419 e. The van der Waals surface area contributed by atoms with Crippen LogP contribution in [0.25, 0.3) is 0 Å². The molecule has 2 heterocycles. The van der Waals surface area contributed by atoms with Crippen molar-refractivity contribution in [2.24, 2.45) is 11.7 Å². The number of nitrogens with two attached hydrogens (primary N) is 1. The standard InChI is InChI=1S/C19H19F6N3O2S/c20-14-10-16(22)15(21)8-12(14)9-17(26)11-3-6-28(7-4-11)31(29,30)18-13(19(23,24)25)2-1-5-27-18/h1-2,5,8,10-11,17H,3-4,6-7,9,26H2. The molecule has 1 aromatic heterocycles. The van der Waals surface area contributed by atoms with Crippen molar-refractivity contribution in [1.82, 2.24) is 9.29 Å². The number of aromatic nitrogens is 1. The van der Waals surface area contributed by atoms with E-state index in [1.165, 1.54) is 0 Å². The summed E-state index contributed by atoms with van der Waals surface area (Å²) in [6.07, 6.45) is -3.59. The third-order valence-corrected chi connectivity index (χ3v) is 7.17. The first-order valence-corrected chi connectivity index (χ1v) is 10.8. The van der Waals surface area contributed by atoms with Crippen molar-refractivity contribution in [3.05, 3.63) is 59.0 Å². The molecule has 1 atom stereocenters. The summed E-state index contributed by atoms with van der Waals surface area (Å²) in [5, 5.41) is -1.06. The predicted molar refractivity (Wildman–Crippen MR) is 98.7 cm³/mol. The van der Waals surface area contributed by atoms with Crippen LogP contribution in [-0.2, 0) is 22.6 Å². The molecule has 3 rings (SSSR count). The number of hydrogen-bond donors (Lipinski definition) is 1. The third-order valence-electron chi connectivity index (χ3n) is 5.31. The van der Waals surface area contributed by atoms with Crippen molar-refractivity contribution in [2.75, 3.05) is 13.1 Å². The molecule has 1 unspecified atom stereocenters. The zero-order valence-electron chi connectivity index (χ0n) is 16.0. The number of alkyl halides is 3. The fourth-order valence-electron chi connectivity index (χ4n) is 3.62. The molecule has 5 nitrogen and oxygen atoms in total. The van der Waals surface area contributed by atoms with Gasteiger partial charge in [0, 0.05) is 31.4 Å². The molecular weight excluding hydrogens is 448 g/mol. The van der Waals surface area contributed by atoms with E-state index in [0.717, 1.165) is 22.6 Å². The van der Waals surface area contributed by atoms with Gasteiger partial charge in [0.25, 0.3) is 10.0 Å². The van der Waals surface area contributed by atoms with E-state index in [1.807, 2.05) is 0 Å². The first-order valence-electron chi connectivity index (χ1n) is 9.32. The van der Waals surface area contributed by atoms with Crippen molar-refractivity contribution < 1.29 is 34.8 Å². The van der Waals surface area contributed by atoms with Gasteiger partial charge in [-0.25, -0.2) is 26.6 Å². The van der Waals surface area contributed by atoms with Gasteiger partial charge in [-0.2, -0.15) is 17.5 Å². The van der Waals surface area contributed by atoms with Gasteiger partial charge in [0.1, 0.15) is 5.82 Å². The number of sulfonamides is 1. The summed E-state index contributed by atoms with van der Waals surface area (Å²) in [7, 11) is -4.49. The van der Waals surface area contributed by atoms with Crippen LogP contribution < -0.4 is 5.73 Å². The maximum atomic E-state index is 13.8.